The van der Waals surface area contributed by atoms with E-state index in [-0.39, 0.29) is 18.0 Å². The topological polar surface area (TPSA) is 75.3 Å². The molecule has 0 saturated carbocycles. The molecule has 72 valence electrons. The summed E-state index contributed by atoms with van der Waals surface area (Å²) in [6.07, 6.45) is 0. The van der Waals surface area contributed by atoms with Gasteiger partial charge < -0.3 is 16.2 Å². The van der Waals surface area contributed by atoms with E-state index in [0.29, 0.717) is 11.4 Å². The van der Waals surface area contributed by atoms with E-state index < -0.39 is 5.97 Å². The monoisotopic (exact) mass is 202 g/mol. The quantitative estimate of drug-likeness (QED) is 0.635. The Hall–Kier alpha value is -1.42. The fourth-order valence-corrected chi connectivity index (χ4v) is 1.03. The predicted molar refractivity (Wildman–Crippen MR) is 54.6 cm³/mol. The second-order valence-electron chi connectivity index (χ2n) is 2.32. The maximum atomic E-state index is 10.6. The van der Waals surface area contributed by atoms with Crippen molar-refractivity contribution in [2.24, 2.45) is 0 Å². The molecule has 0 atom stereocenters. The highest BCUT2D eigenvalue weighted by atomic mass is 35.5. The first kappa shape index (κ1) is 11.6. The third-order valence-corrected chi connectivity index (χ3v) is 1.58. The summed E-state index contributed by atoms with van der Waals surface area (Å²) >= 11 is 0. The average molecular weight is 203 g/mol. The van der Waals surface area contributed by atoms with Gasteiger partial charge in [-0.2, -0.15) is 0 Å². The second-order valence-corrected chi connectivity index (χ2v) is 2.32. The van der Waals surface area contributed by atoms with Crippen LogP contribution < -0.4 is 11.1 Å². The normalized spacial score (nSPS) is 8.69. The van der Waals surface area contributed by atoms with Gasteiger partial charge in [0.05, 0.1) is 16.9 Å². The molecule has 0 saturated heterocycles. The Morgan fingerprint density at radius 2 is 2.15 bits per heavy atom. The van der Waals surface area contributed by atoms with E-state index in [9.17, 15) is 4.79 Å². The highest BCUT2D eigenvalue weighted by Crippen LogP contribution is 2.22. The second kappa shape index (κ2) is 4.57. The molecule has 0 spiro atoms. The SMILES string of the molecule is CNc1c(N)cccc1C(=O)O.Cl. The van der Waals surface area contributed by atoms with Gasteiger partial charge in [0, 0.05) is 7.05 Å². The van der Waals surface area contributed by atoms with Crippen molar-refractivity contribution >= 4 is 29.8 Å². The van der Waals surface area contributed by atoms with Gasteiger partial charge in [-0.1, -0.05) is 6.07 Å². The summed E-state index contributed by atoms with van der Waals surface area (Å²) in [7, 11) is 1.64. The zero-order valence-electron chi connectivity index (χ0n) is 7.07. The van der Waals surface area contributed by atoms with Gasteiger partial charge >= 0.3 is 5.97 Å². The largest absolute Gasteiger partial charge is 0.478 e. The van der Waals surface area contributed by atoms with Crippen LogP contribution in [0.1, 0.15) is 10.4 Å². The van der Waals surface area contributed by atoms with E-state index >= 15 is 0 Å². The Kier molecular flexibility index (Phi) is 4.07. The lowest BCUT2D eigenvalue weighted by Crippen LogP contribution is -2.05. The number of nitrogens with two attached hydrogens (primary N) is 1. The number of halogens is 1. The van der Waals surface area contributed by atoms with Gasteiger partial charge in [0.15, 0.2) is 0 Å². The Morgan fingerprint density at radius 1 is 1.54 bits per heavy atom. The van der Waals surface area contributed by atoms with Crippen molar-refractivity contribution < 1.29 is 9.90 Å². The molecule has 0 bridgehead atoms. The minimum absolute atomic E-state index is 0. The summed E-state index contributed by atoms with van der Waals surface area (Å²) in [6, 6.07) is 4.77. The van der Waals surface area contributed by atoms with Gasteiger partial charge in [-0.3, -0.25) is 0 Å². The van der Waals surface area contributed by atoms with Crippen molar-refractivity contribution in [1.82, 2.24) is 0 Å². The molecule has 0 aromatic heterocycles. The molecule has 0 radical (unpaired) electrons. The number of carbonyl (C=O) groups is 1. The molecule has 0 unspecified atom stereocenters. The Balaban J connectivity index is 0.00000144. The average Bonchev–Trinajstić information content (AvgIpc) is 2.03. The van der Waals surface area contributed by atoms with Crippen LogP contribution in [0.25, 0.3) is 0 Å². The maximum Gasteiger partial charge on any atom is 0.337 e. The van der Waals surface area contributed by atoms with Crippen molar-refractivity contribution in [2.75, 3.05) is 18.1 Å². The van der Waals surface area contributed by atoms with Gasteiger partial charge in [-0.25, -0.2) is 4.79 Å². The number of aromatic carboxylic acids is 1. The number of benzene rings is 1. The predicted octanol–water partition coefficient (Wildman–Crippen LogP) is 1.43. The molecule has 0 heterocycles. The van der Waals surface area contributed by atoms with E-state index in [1.807, 2.05) is 0 Å². The first-order chi connectivity index (χ1) is 5.66. The van der Waals surface area contributed by atoms with Crippen LogP contribution in [0.3, 0.4) is 0 Å². The molecule has 1 rings (SSSR count). The first-order valence-corrected chi connectivity index (χ1v) is 3.46. The Bertz CT molecular complexity index is 315. The molecular weight excluding hydrogens is 192 g/mol. The van der Waals surface area contributed by atoms with Gasteiger partial charge in [0.1, 0.15) is 0 Å². The molecule has 1 aromatic carbocycles. The molecule has 4 N–H and O–H groups in total. The van der Waals surface area contributed by atoms with Crippen molar-refractivity contribution in [1.29, 1.82) is 0 Å². The van der Waals surface area contributed by atoms with Crippen molar-refractivity contribution in [3.8, 4) is 0 Å². The highest BCUT2D eigenvalue weighted by Gasteiger charge is 2.09. The van der Waals surface area contributed by atoms with E-state index in [0.717, 1.165) is 0 Å². The van der Waals surface area contributed by atoms with E-state index in [1.54, 1.807) is 19.2 Å². The zero-order valence-corrected chi connectivity index (χ0v) is 7.89. The fourth-order valence-electron chi connectivity index (χ4n) is 1.03. The lowest BCUT2D eigenvalue weighted by molar-refractivity contribution is 0.0698. The van der Waals surface area contributed by atoms with Crippen molar-refractivity contribution in [3.05, 3.63) is 23.8 Å². The maximum absolute atomic E-state index is 10.6. The fraction of sp³-hybridized carbons (Fsp3) is 0.125. The van der Waals surface area contributed by atoms with Gasteiger partial charge in [-0.05, 0) is 12.1 Å². The lowest BCUT2D eigenvalue weighted by atomic mass is 10.1. The van der Waals surface area contributed by atoms with E-state index in [1.165, 1.54) is 6.07 Å². The molecule has 4 nitrogen and oxygen atoms in total. The third-order valence-electron chi connectivity index (χ3n) is 1.58. The smallest absolute Gasteiger partial charge is 0.337 e. The molecule has 0 amide bonds. The molecular formula is C8H11ClN2O2. The first-order valence-electron chi connectivity index (χ1n) is 3.46. The standard InChI is InChI=1S/C8H10N2O2.ClH/c1-10-7-5(8(11)12)3-2-4-6(7)9;/h2-4,10H,9H2,1H3,(H,11,12);1H. The van der Waals surface area contributed by atoms with Gasteiger partial charge in [0.2, 0.25) is 0 Å². The number of rotatable bonds is 2. The molecule has 0 aliphatic carbocycles. The summed E-state index contributed by atoms with van der Waals surface area (Å²) in [4.78, 5) is 10.6. The van der Waals surface area contributed by atoms with Crippen LogP contribution in [0.15, 0.2) is 18.2 Å². The van der Waals surface area contributed by atoms with Crippen LogP contribution in [0, 0.1) is 0 Å². The minimum atomic E-state index is -0.980. The van der Waals surface area contributed by atoms with E-state index in [4.69, 9.17) is 10.8 Å². The number of nitrogens with one attached hydrogen (secondary N) is 1. The van der Waals surface area contributed by atoms with Crippen LogP contribution in [0.5, 0.6) is 0 Å². The summed E-state index contributed by atoms with van der Waals surface area (Å²) in [5.74, 6) is -0.980. The lowest BCUT2D eigenvalue weighted by Gasteiger charge is -2.07. The third kappa shape index (κ3) is 2.26. The van der Waals surface area contributed by atoms with Crippen LogP contribution in [-0.2, 0) is 0 Å². The zero-order chi connectivity index (χ0) is 9.14. The molecule has 5 heteroatoms. The molecule has 0 aliphatic rings. The molecule has 13 heavy (non-hydrogen) atoms. The van der Waals surface area contributed by atoms with Crippen LogP contribution >= 0.6 is 12.4 Å². The van der Waals surface area contributed by atoms with Gasteiger partial charge in [0.25, 0.3) is 0 Å². The Labute approximate surface area is 82.2 Å². The number of hydrogen-bond donors (Lipinski definition) is 3. The van der Waals surface area contributed by atoms with Crippen LogP contribution in [0.2, 0.25) is 0 Å². The van der Waals surface area contributed by atoms with Crippen molar-refractivity contribution in [3.63, 3.8) is 0 Å². The summed E-state index contributed by atoms with van der Waals surface area (Å²) < 4.78 is 0. The highest BCUT2D eigenvalue weighted by molar-refractivity contribution is 5.97. The number of para-hydroxylation sites is 1. The molecule has 0 fully saturated rings. The van der Waals surface area contributed by atoms with Crippen LogP contribution in [-0.4, -0.2) is 18.1 Å². The number of hydrogen-bond acceptors (Lipinski definition) is 3. The number of carboxylic acid groups (broad SMARTS) is 1. The number of anilines is 2. The summed E-state index contributed by atoms with van der Waals surface area (Å²) in [5, 5.41) is 11.5. The molecule has 1 aromatic rings. The Morgan fingerprint density at radius 3 is 2.54 bits per heavy atom. The van der Waals surface area contributed by atoms with E-state index in [2.05, 4.69) is 5.32 Å². The minimum Gasteiger partial charge on any atom is -0.478 e. The summed E-state index contributed by atoms with van der Waals surface area (Å²) in [6.45, 7) is 0. The van der Waals surface area contributed by atoms with Crippen molar-refractivity contribution in [2.45, 2.75) is 0 Å². The number of nitrogen functional groups attached to an aromatic ring is 1. The number of carboxylic acids is 1. The van der Waals surface area contributed by atoms with Gasteiger partial charge in [-0.15, -0.1) is 12.4 Å². The van der Waals surface area contributed by atoms with Crippen LogP contribution in [0.4, 0.5) is 11.4 Å². The molecule has 0 aliphatic heterocycles. The summed E-state index contributed by atoms with van der Waals surface area (Å²) in [5.41, 5.74) is 6.64.